The second-order valence-electron chi connectivity index (χ2n) is 7.76. The van der Waals surface area contributed by atoms with Crippen molar-refractivity contribution in [1.29, 1.82) is 0 Å². The van der Waals surface area contributed by atoms with E-state index in [9.17, 15) is 19.0 Å². The van der Waals surface area contributed by atoms with Crippen LogP contribution in [0.15, 0.2) is 0 Å². The molecule has 184 valence electrons. The smallest absolute Gasteiger partial charge is 0.472 e. The quantitative estimate of drug-likeness (QED) is 0.130. The monoisotopic (exact) mass is 466 g/mol. The van der Waals surface area contributed by atoms with Gasteiger partial charge in [0.15, 0.2) is 0 Å². The third-order valence-electron chi connectivity index (χ3n) is 4.84. The fourth-order valence-electron chi connectivity index (χ4n) is 3.10. The van der Waals surface area contributed by atoms with Crippen LogP contribution in [0.3, 0.4) is 0 Å². The summed E-state index contributed by atoms with van der Waals surface area (Å²) in [4.78, 5) is 31.1. The second kappa shape index (κ2) is 20.9. The van der Waals surface area contributed by atoms with Gasteiger partial charge in [-0.2, -0.15) is 0 Å². The summed E-state index contributed by atoms with van der Waals surface area (Å²) >= 11 is 0. The number of hydrogen-bond donors (Lipinski definition) is 4. The van der Waals surface area contributed by atoms with E-state index < -0.39 is 13.8 Å². The zero-order valence-corrected chi connectivity index (χ0v) is 19.8. The van der Waals surface area contributed by atoms with Gasteiger partial charge in [0.05, 0.1) is 19.6 Å². The van der Waals surface area contributed by atoms with Crippen LogP contribution in [0.5, 0.6) is 0 Å². The highest BCUT2D eigenvalue weighted by molar-refractivity contribution is 7.47. The number of carbonyl (C=O) groups excluding carboxylic acids is 1. The van der Waals surface area contributed by atoms with E-state index in [1.54, 1.807) is 0 Å². The number of carboxylic acids is 1. The van der Waals surface area contributed by atoms with Gasteiger partial charge in [0, 0.05) is 19.5 Å². The number of amides is 1. The van der Waals surface area contributed by atoms with Crippen LogP contribution in [-0.4, -0.2) is 48.2 Å². The number of rotatable bonds is 23. The summed E-state index contributed by atoms with van der Waals surface area (Å²) in [5.41, 5.74) is 5.34. The number of nitrogens with two attached hydrogens (primary N) is 1. The third kappa shape index (κ3) is 23.5. The number of aliphatic carboxylic acids is 1. The molecule has 0 saturated carbocycles. The van der Waals surface area contributed by atoms with Crippen LogP contribution in [0.25, 0.3) is 0 Å². The molecule has 0 radical (unpaired) electrons. The highest BCUT2D eigenvalue weighted by Crippen LogP contribution is 2.43. The number of carbonyl (C=O) groups is 2. The first-order valence-corrected chi connectivity index (χ1v) is 13.2. The topological polar surface area (TPSA) is 148 Å². The fraction of sp³-hybridized carbons (Fsp3) is 0.905. The fourth-order valence-corrected chi connectivity index (χ4v) is 3.85. The molecule has 0 aliphatic carbocycles. The lowest BCUT2D eigenvalue weighted by molar-refractivity contribution is -0.137. The molecule has 0 aromatic carbocycles. The molecule has 1 unspecified atom stereocenters. The Balaban J connectivity index is 3.27. The Hall–Kier alpha value is -0.990. The maximum absolute atomic E-state index is 11.5. The van der Waals surface area contributed by atoms with Gasteiger partial charge in [-0.15, -0.1) is 0 Å². The lowest BCUT2D eigenvalue weighted by atomic mass is 10.0. The van der Waals surface area contributed by atoms with Crippen LogP contribution < -0.4 is 11.1 Å². The lowest BCUT2D eigenvalue weighted by Gasteiger charge is -2.11. The molecule has 0 bridgehead atoms. The Kier molecular flexibility index (Phi) is 20.2. The highest BCUT2D eigenvalue weighted by Gasteiger charge is 2.20. The SMILES string of the molecule is NCCNC(=O)CCCCCCCCCCCCCCCOP(=O)(O)OCCC(=O)O. The van der Waals surface area contributed by atoms with Gasteiger partial charge in [-0.05, 0) is 12.8 Å². The van der Waals surface area contributed by atoms with Gasteiger partial charge in [-0.3, -0.25) is 18.6 Å². The van der Waals surface area contributed by atoms with E-state index in [1.807, 2.05) is 0 Å². The number of carboxylic acid groups (broad SMARTS) is 1. The molecule has 10 heteroatoms. The zero-order chi connectivity index (χ0) is 23.2. The Bertz CT molecular complexity index is 506. The standard InChI is InChI=1S/C21H43N2O7P/c22-16-17-23-20(24)14-12-10-8-6-4-2-1-3-5-7-9-11-13-18-29-31(27,28)30-19-15-21(25)26/h1-19,22H2,(H,23,24)(H,25,26)(H,27,28). The maximum Gasteiger partial charge on any atom is 0.472 e. The van der Waals surface area contributed by atoms with Crippen molar-refractivity contribution in [2.45, 2.75) is 96.3 Å². The Morgan fingerprint density at radius 2 is 1.19 bits per heavy atom. The van der Waals surface area contributed by atoms with Crippen molar-refractivity contribution in [2.75, 3.05) is 26.3 Å². The molecule has 0 aromatic heterocycles. The number of unbranched alkanes of at least 4 members (excludes halogenated alkanes) is 12. The predicted molar refractivity (Wildman–Crippen MR) is 121 cm³/mol. The first-order chi connectivity index (χ1) is 14.9. The molecule has 9 nitrogen and oxygen atoms in total. The summed E-state index contributed by atoms with van der Waals surface area (Å²) in [7, 11) is -4.13. The van der Waals surface area contributed by atoms with Crippen LogP contribution >= 0.6 is 7.82 Å². The van der Waals surface area contributed by atoms with Crippen LogP contribution in [0.2, 0.25) is 0 Å². The van der Waals surface area contributed by atoms with Gasteiger partial charge < -0.3 is 21.1 Å². The van der Waals surface area contributed by atoms with Crippen molar-refractivity contribution in [3.63, 3.8) is 0 Å². The molecular weight excluding hydrogens is 423 g/mol. The molecule has 1 amide bonds. The lowest BCUT2D eigenvalue weighted by Crippen LogP contribution is -2.28. The van der Waals surface area contributed by atoms with Crippen LogP contribution in [0.1, 0.15) is 96.3 Å². The van der Waals surface area contributed by atoms with E-state index in [4.69, 9.17) is 15.4 Å². The maximum atomic E-state index is 11.5. The van der Waals surface area contributed by atoms with E-state index in [1.165, 1.54) is 44.9 Å². The molecule has 0 aliphatic rings. The van der Waals surface area contributed by atoms with Gasteiger partial charge in [0.1, 0.15) is 0 Å². The molecule has 31 heavy (non-hydrogen) atoms. The average molecular weight is 467 g/mol. The molecule has 0 aromatic rings. The first-order valence-electron chi connectivity index (χ1n) is 11.7. The molecule has 0 fully saturated rings. The van der Waals surface area contributed by atoms with Crippen molar-refractivity contribution >= 4 is 19.7 Å². The minimum atomic E-state index is -4.13. The molecule has 1 atom stereocenters. The van der Waals surface area contributed by atoms with Gasteiger partial charge in [0.2, 0.25) is 5.91 Å². The summed E-state index contributed by atoms with van der Waals surface area (Å²) in [6.45, 7) is 0.855. The van der Waals surface area contributed by atoms with E-state index in [0.29, 0.717) is 25.9 Å². The third-order valence-corrected chi connectivity index (χ3v) is 5.86. The minimum Gasteiger partial charge on any atom is -0.481 e. The highest BCUT2D eigenvalue weighted by atomic mass is 31.2. The average Bonchev–Trinajstić information content (AvgIpc) is 2.71. The van der Waals surface area contributed by atoms with Crippen LogP contribution in [-0.2, 0) is 23.2 Å². The molecule has 0 spiro atoms. The molecule has 0 heterocycles. The van der Waals surface area contributed by atoms with Crippen molar-refractivity contribution in [2.24, 2.45) is 5.73 Å². The number of hydrogen-bond acceptors (Lipinski definition) is 6. The Morgan fingerprint density at radius 1 is 0.742 bits per heavy atom. The van der Waals surface area contributed by atoms with Gasteiger partial charge in [0.25, 0.3) is 0 Å². The molecule has 0 rings (SSSR count). The normalized spacial score (nSPS) is 13.1. The zero-order valence-electron chi connectivity index (χ0n) is 18.9. The minimum absolute atomic E-state index is 0.105. The van der Waals surface area contributed by atoms with E-state index >= 15 is 0 Å². The van der Waals surface area contributed by atoms with Crippen molar-refractivity contribution < 1.29 is 33.2 Å². The van der Waals surface area contributed by atoms with E-state index in [0.717, 1.165) is 32.1 Å². The largest absolute Gasteiger partial charge is 0.481 e. The summed E-state index contributed by atoms with van der Waals surface area (Å²) in [6, 6.07) is 0. The van der Waals surface area contributed by atoms with Gasteiger partial charge in [-0.1, -0.05) is 70.6 Å². The van der Waals surface area contributed by atoms with Gasteiger partial charge in [-0.25, -0.2) is 4.57 Å². The number of nitrogens with one attached hydrogen (secondary N) is 1. The number of phosphoric acid groups is 1. The predicted octanol–water partition coefficient (Wildman–Crippen LogP) is 4.13. The van der Waals surface area contributed by atoms with Crippen molar-refractivity contribution in [3.05, 3.63) is 0 Å². The van der Waals surface area contributed by atoms with Crippen molar-refractivity contribution in [3.8, 4) is 0 Å². The Morgan fingerprint density at radius 3 is 1.68 bits per heavy atom. The van der Waals surface area contributed by atoms with Crippen molar-refractivity contribution in [1.82, 2.24) is 5.32 Å². The van der Waals surface area contributed by atoms with E-state index in [2.05, 4.69) is 9.84 Å². The second-order valence-corrected chi connectivity index (χ2v) is 9.22. The summed E-state index contributed by atoms with van der Waals surface area (Å²) in [5.74, 6) is -0.981. The molecular formula is C21H43N2O7P. The first kappa shape index (κ1) is 30.0. The van der Waals surface area contributed by atoms with Gasteiger partial charge >= 0.3 is 13.8 Å². The van der Waals surface area contributed by atoms with Crippen LogP contribution in [0.4, 0.5) is 0 Å². The number of phosphoric ester groups is 1. The summed E-state index contributed by atoms with van der Waals surface area (Å²) in [5, 5.41) is 11.2. The molecule has 5 N–H and O–H groups in total. The van der Waals surface area contributed by atoms with Crippen LogP contribution in [0, 0.1) is 0 Å². The molecule has 0 aliphatic heterocycles. The van der Waals surface area contributed by atoms with E-state index in [-0.39, 0.29) is 25.5 Å². The molecule has 0 saturated heterocycles. The Labute approximate surface area is 187 Å². The summed E-state index contributed by atoms with van der Waals surface area (Å²) in [6.07, 6.45) is 14.8. The summed E-state index contributed by atoms with van der Waals surface area (Å²) < 4.78 is 20.9.